The number of para-hydroxylation sites is 1. The molecule has 1 atom stereocenters. The van der Waals surface area contributed by atoms with Crippen LogP contribution in [0, 0.1) is 0 Å². The summed E-state index contributed by atoms with van der Waals surface area (Å²) in [4.78, 5) is 25.8. The normalized spacial score (nSPS) is 16.3. The van der Waals surface area contributed by atoms with Crippen LogP contribution in [-0.2, 0) is 11.8 Å². The lowest BCUT2D eigenvalue weighted by molar-refractivity contribution is -0.120. The SMILES string of the molecule is C[C@H](C(=O)Nc1ccccc1Cl)N1CCN(c2ncnc3c2cnn3C)CC1. The molecule has 3 heterocycles. The number of aryl methyl sites for hydroxylation is 1. The first-order chi connectivity index (χ1) is 13.5. The maximum Gasteiger partial charge on any atom is 0.241 e. The van der Waals surface area contributed by atoms with Gasteiger partial charge in [-0.1, -0.05) is 23.7 Å². The summed E-state index contributed by atoms with van der Waals surface area (Å²) in [6.07, 6.45) is 3.38. The van der Waals surface area contributed by atoms with Crippen molar-refractivity contribution >= 4 is 40.0 Å². The van der Waals surface area contributed by atoms with Gasteiger partial charge in [0.1, 0.15) is 12.1 Å². The van der Waals surface area contributed by atoms with Crippen molar-refractivity contribution in [3.05, 3.63) is 41.8 Å². The van der Waals surface area contributed by atoms with Crippen LogP contribution in [0.4, 0.5) is 11.5 Å². The summed E-state index contributed by atoms with van der Waals surface area (Å²) in [6.45, 7) is 5.02. The molecule has 9 heteroatoms. The Morgan fingerprint density at radius 3 is 2.68 bits per heavy atom. The predicted molar refractivity (Wildman–Crippen MR) is 110 cm³/mol. The van der Waals surface area contributed by atoms with Crippen molar-refractivity contribution < 1.29 is 4.79 Å². The van der Waals surface area contributed by atoms with Crippen LogP contribution in [0.1, 0.15) is 6.92 Å². The predicted octanol–water partition coefficient (Wildman–Crippen LogP) is 2.17. The van der Waals surface area contributed by atoms with Gasteiger partial charge in [0.15, 0.2) is 5.65 Å². The number of benzene rings is 1. The van der Waals surface area contributed by atoms with Gasteiger partial charge in [0.25, 0.3) is 0 Å². The number of fused-ring (bicyclic) bond motifs is 1. The fraction of sp³-hybridized carbons (Fsp3) is 0.368. The highest BCUT2D eigenvalue weighted by Gasteiger charge is 2.27. The van der Waals surface area contributed by atoms with Gasteiger partial charge in [-0.25, -0.2) is 9.97 Å². The molecule has 0 aliphatic carbocycles. The molecule has 8 nitrogen and oxygen atoms in total. The van der Waals surface area contributed by atoms with E-state index >= 15 is 0 Å². The van der Waals surface area contributed by atoms with Crippen LogP contribution >= 0.6 is 11.6 Å². The van der Waals surface area contributed by atoms with Crippen molar-refractivity contribution in [3.63, 3.8) is 0 Å². The molecule has 1 saturated heterocycles. The quantitative estimate of drug-likeness (QED) is 0.724. The van der Waals surface area contributed by atoms with Crippen molar-refractivity contribution in [2.45, 2.75) is 13.0 Å². The molecule has 2 aromatic heterocycles. The lowest BCUT2D eigenvalue weighted by Crippen LogP contribution is -2.53. The van der Waals surface area contributed by atoms with Crippen molar-refractivity contribution in [2.75, 3.05) is 36.4 Å². The number of anilines is 2. The van der Waals surface area contributed by atoms with E-state index in [1.165, 1.54) is 0 Å². The third-order valence-corrected chi connectivity index (χ3v) is 5.51. The Kier molecular flexibility index (Phi) is 5.15. The molecule has 3 aromatic rings. The lowest BCUT2D eigenvalue weighted by Gasteiger charge is -2.38. The highest BCUT2D eigenvalue weighted by atomic mass is 35.5. The van der Waals surface area contributed by atoms with Gasteiger partial charge in [-0.3, -0.25) is 14.4 Å². The molecule has 0 radical (unpaired) electrons. The van der Waals surface area contributed by atoms with Crippen LogP contribution in [0.5, 0.6) is 0 Å². The minimum absolute atomic E-state index is 0.0572. The fourth-order valence-corrected chi connectivity index (χ4v) is 3.67. The summed E-state index contributed by atoms with van der Waals surface area (Å²) in [5.41, 5.74) is 1.46. The van der Waals surface area contributed by atoms with Crippen LogP contribution in [0.2, 0.25) is 5.02 Å². The molecular formula is C19H22ClN7O. The van der Waals surface area contributed by atoms with E-state index in [1.54, 1.807) is 29.3 Å². The fourth-order valence-electron chi connectivity index (χ4n) is 3.49. The molecule has 0 spiro atoms. The Morgan fingerprint density at radius 2 is 1.93 bits per heavy atom. The number of halogens is 1. The minimum Gasteiger partial charge on any atom is -0.353 e. The number of hydrogen-bond donors (Lipinski definition) is 1. The number of carbonyl (C=O) groups excluding carboxylic acids is 1. The lowest BCUT2D eigenvalue weighted by atomic mass is 10.2. The number of nitrogens with one attached hydrogen (secondary N) is 1. The zero-order valence-electron chi connectivity index (χ0n) is 15.8. The van der Waals surface area contributed by atoms with Crippen LogP contribution in [0.15, 0.2) is 36.8 Å². The van der Waals surface area contributed by atoms with E-state index in [4.69, 9.17) is 11.6 Å². The molecular weight excluding hydrogens is 378 g/mol. The van der Waals surface area contributed by atoms with Crippen LogP contribution in [0.25, 0.3) is 11.0 Å². The minimum atomic E-state index is -0.248. The Morgan fingerprint density at radius 1 is 1.18 bits per heavy atom. The highest BCUT2D eigenvalue weighted by molar-refractivity contribution is 6.33. The second-order valence-electron chi connectivity index (χ2n) is 6.87. The second kappa shape index (κ2) is 7.73. The van der Waals surface area contributed by atoms with E-state index in [0.717, 1.165) is 43.0 Å². The van der Waals surface area contributed by atoms with Crippen molar-refractivity contribution in [2.24, 2.45) is 7.05 Å². The van der Waals surface area contributed by atoms with Gasteiger partial charge in [-0.2, -0.15) is 5.10 Å². The Balaban J connectivity index is 1.41. The third-order valence-electron chi connectivity index (χ3n) is 5.18. The van der Waals surface area contributed by atoms with Gasteiger partial charge in [0.2, 0.25) is 5.91 Å². The average Bonchev–Trinajstić information content (AvgIpc) is 3.10. The molecule has 1 aromatic carbocycles. The largest absolute Gasteiger partial charge is 0.353 e. The van der Waals surface area contributed by atoms with Crippen LogP contribution in [-0.4, -0.2) is 62.8 Å². The summed E-state index contributed by atoms with van der Waals surface area (Å²) >= 11 is 6.14. The number of piperazine rings is 1. The van der Waals surface area contributed by atoms with E-state index in [-0.39, 0.29) is 11.9 Å². The number of rotatable bonds is 4. The summed E-state index contributed by atoms with van der Waals surface area (Å²) in [5, 5.41) is 8.68. The first-order valence-electron chi connectivity index (χ1n) is 9.21. The van der Waals surface area contributed by atoms with Gasteiger partial charge in [-0.15, -0.1) is 0 Å². The number of amides is 1. The van der Waals surface area contributed by atoms with E-state index < -0.39 is 0 Å². The first-order valence-corrected chi connectivity index (χ1v) is 9.59. The van der Waals surface area contributed by atoms with Gasteiger partial charge >= 0.3 is 0 Å². The number of carbonyl (C=O) groups is 1. The van der Waals surface area contributed by atoms with Gasteiger partial charge in [-0.05, 0) is 19.1 Å². The van der Waals surface area contributed by atoms with Gasteiger partial charge in [0.05, 0.1) is 28.3 Å². The van der Waals surface area contributed by atoms with E-state index in [1.807, 2.05) is 26.1 Å². The number of nitrogens with zero attached hydrogens (tertiary/aromatic N) is 6. The molecule has 4 rings (SSSR count). The zero-order chi connectivity index (χ0) is 19.7. The van der Waals surface area contributed by atoms with Gasteiger partial charge in [0, 0.05) is 33.2 Å². The Labute approximate surface area is 168 Å². The molecule has 28 heavy (non-hydrogen) atoms. The number of hydrogen-bond acceptors (Lipinski definition) is 6. The topological polar surface area (TPSA) is 79.2 Å². The average molecular weight is 400 g/mol. The standard InChI is InChI=1S/C19H22ClN7O/c1-13(19(28)24-16-6-4-3-5-15(16)20)26-7-9-27(10-8-26)18-14-11-23-25(2)17(14)21-12-22-18/h3-6,11-13H,7-10H2,1-2H3,(H,24,28)/t13-/m1/s1. The molecule has 1 N–H and O–H groups in total. The van der Waals surface area contributed by atoms with Crippen molar-refractivity contribution in [1.29, 1.82) is 0 Å². The van der Waals surface area contributed by atoms with E-state index in [0.29, 0.717) is 10.7 Å². The Hall–Kier alpha value is -2.71. The molecule has 1 aliphatic heterocycles. The first kappa shape index (κ1) is 18.6. The smallest absolute Gasteiger partial charge is 0.241 e. The molecule has 0 unspecified atom stereocenters. The maximum atomic E-state index is 12.6. The molecule has 0 saturated carbocycles. The zero-order valence-corrected chi connectivity index (χ0v) is 16.6. The van der Waals surface area contributed by atoms with E-state index in [9.17, 15) is 4.79 Å². The molecule has 146 valence electrons. The molecule has 0 bridgehead atoms. The highest BCUT2D eigenvalue weighted by Crippen LogP contribution is 2.24. The molecule has 1 aliphatic rings. The summed E-state index contributed by atoms with van der Waals surface area (Å²) in [5.74, 6) is 0.837. The Bertz CT molecular complexity index is 997. The van der Waals surface area contributed by atoms with Crippen molar-refractivity contribution in [1.82, 2.24) is 24.6 Å². The molecule has 1 fully saturated rings. The third kappa shape index (κ3) is 3.53. The summed E-state index contributed by atoms with van der Waals surface area (Å²) < 4.78 is 1.75. The summed E-state index contributed by atoms with van der Waals surface area (Å²) in [6, 6.07) is 7.02. The van der Waals surface area contributed by atoms with Gasteiger partial charge < -0.3 is 10.2 Å². The summed E-state index contributed by atoms with van der Waals surface area (Å²) in [7, 11) is 1.87. The maximum absolute atomic E-state index is 12.6. The van der Waals surface area contributed by atoms with Crippen LogP contribution < -0.4 is 10.2 Å². The molecule has 1 amide bonds. The van der Waals surface area contributed by atoms with E-state index in [2.05, 4.69) is 30.2 Å². The number of aromatic nitrogens is 4. The monoisotopic (exact) mass is 399 g/mol. The van der Waals surface area contributed by atoms with Crippen molar-refractivity contribution in [3.8, 4) is 0 Å². The van der Waals surface area contributed by atoms with Crippen LogP contribution in [0.3, 0.4) is 0 Å². The second-order valence-corrected chi connectivity index (χ2v) is 7.28.